The highest BCUT2D eigenvalue weighted by Gasteiger charge is 2.31. The normalized spacial score (nSPS) is 17.6. The Balaban J connectivity index is 2.10. The lowest BCUT2D eigenvalue weighted by Crippen LogP contribution is -2.10. The Hall–Kier alpha value is -1.56. The van der Waals surface area contributed by atoms with Crippen LogP contribution in [0.3, 0.4) is 0 Å². The van der Waals surface area contributed by atoms with E-state index in [2.05, 4.69) is 4.98 Å². The molecule has 6 heteroatoms. The third kappa shape index (κ3) is 1.82. The van der Waals surface area contributed by atoms with Crippen LogP contribution in [0.4, 0.5) is 13.2 Å². The first-order valence-corrected chi connectivity index (χ1v) is 6.73. The van der Waals surface area contributed by atoms with E-state index in [-0.39, 0.29) is 11.1 Å². The molecule has 1 atom stereocenters. The van der Waals surface area contributed by atoms with Crippen LogP contribution in [-0.2, 0) is 13.0 Å². The second-order valence-electron chi connectivity index (χ2n) is 5.23. The van der Waals surface area contributed by atoms with Crippen molar-refractivity contribution in [2.75, 3.05) is 0 Å². The molecule has 1 aromatic heterocycles. The zero-order valence-corrected chi connectivity index (χ0v) is 11.9. The molecule has 0 saturated carbocycles. The molecule has 0 aliphatic carbocycles. The highest BCUT2D eigenvalue weighted by molar-refractivity contribution is 7.71. The quantitative estimate of drug-likeness (QED) is 0.625. The lowest BCUT2D eigenvalue weighted by molar-refractivity contribution is 0.456. The molecule has 3 rings (SSSR count). The Kier molecular flexibility index (Phi) is 3.01. The molecule has 0 fully saturated rings. The number of aryl methyl sites for hydroxylation is 2. The molecule has 20 heavy (non-hydrogen) atoms. The molecule has 0 amide bonds. The molecule has 1 N–H and O–H groups in total. The van der Waals surface area contributed by atoms with Crippen LogP contribution in [-0.4, -0.2) is 9.55 Å². The molecule has 1 aliphatic rings. The van der Waals surface area contributed by atoms with Crippen molar-refractivity contribution in [3.8, 4) is 0 Å². The van der Waals surface area contributed by atoms with Crippen molar-refractivity contribution in [3.63, 3.8) is 0 Å². The zero-order valence-electron chi connectivity index (χ0n) is 11.1. The van der Waals surface area contributed by atoms with Crippen molar-refractivity contribution in [3.05, 3.63) is 50.8 Å². The van der Waals surface area contributed by atoms with Gasteiger partial charge in [-0.25, -0.2) is 13.2 Å². The maximum atomic E-state index is 14.2. The predicted molar refractivity (Wildman–Crippen MR) is 71.9 cm³/mol. The van der Waals surface area contributed by atoms with Gasteiger partial charge >= 0.3 is 0 Å². The van der Waals surface area contributed by atoms with Crippen LogP contribution in [0.25, 0.3) is 0 Å². The molecule has 0 unspecified atom stereocenters. The van der Waals surface area contributed by atoms with E-state index in [0.29, 0.717) is 17.7 Å². The topological polar surface area (TPSA) is 20.7 Å². The van der Waals surface area contributed by atoms with Crippen molar-refractivity contribution in [1.29, 1.82) is 0 Å². The van der Waals surface area contributed by atoms with Crippen LogP contribution in [0.15, 0.2) is 6.07 Å². The van der Waals surface area contributed by atoms with E-state index in [4.69, 9.17) is 12.2 Å². The number of rotatable bonds is 1. The molecule has 106 valence electrons. The fourth-order valence-electron chi connectivity index (χ4n) is 2.91. The fraction of sp³-hybridized carbons (Fsp3) is 0.357. The summed E-state index contributed by atoms with van der Waals surface area (Å²) < 4.78 is 44.0. The number of nitrogens with one attached hydrogen (secondary N) is 1. The molecule has 0 saturated heterocycles. The van der Waals surface area contributed by atoms with Crippen LogP contribution >= 0.6 is 12.2 Å². The number of halogens is 3. The monoisotopic (exact) mass is 298 g/mol. The van der Waals surface area contributed by atoms with E-state index in [1.165, 1.54) is 6.92 Å². The van der Waals surface area contributed by atoms with Crippen molar-refractivity contribution in [2.45, 2.75) is 32.7 Å². The summed E-state index contributed by atoms with van der Waals surface area (Å²) >= 11 is 5.17. The van der Waals surface area contributed by atoms with Gasteiger partial charge in [0, 0.05) is 29.4 Å². The number of H-pyrrole nitrogens is 1. The number of aromatic nitrogens is 2. The zero-order chi connectivity index (χ0) is 14.6. The van der Waals surface area contributed by atoms with E-state index < -0.39 is 23.4 Å². The molecule has 0 bridgehead atoms. The summed E-state index contributed by atoms with van der Waals surface area (Å²) in [6.07, 6.45) is 0.454. The molecule has 2 nitrogen and oxygen atoms in total. The van der Waals surface area contributed by atoms with Crippen molar-refractivity contribution < 1.29 is 13.2 Å². The molecular formula is C14H13F3N2S. The van der Waals surface area contributed by atoms with Gasteiger partial charge in [0.15, 0.2) is 16.4 Å². The summed E-state index contributed by atoms with van der Waals surface area (Å²) in [4.78, 5) is 3.02. The third-order valence-corrected chi connectivity index (χ3v) is 4.24. The van der Waals surface area contributed by atoms with E-state index in [1.54, 1.807) is 0 Å². The van der Waals surface area contributed by atoms with Crippen LogP contribution in [0.2, 0.25) is 0 Å². The van der Waals surface area contributed by atoms with E-state index in [9.17, 15) is 13.2 Å². The van der Waals surface area contributed by atoms with Crippen molar-refractivity contribution in [2.24, 2.45) is 0 Å². The first-order chi connectivity index (χ1) is 9.40. The van der Waals surface area contributed by atoms with E-state index >= 15 is 0 Å². The molecular weight excluding hydrogens is 285 g/mol. The number of benzene rings is 1. The van der Waals surface area contributed by atoms with E-state index in [1.807, 2.05) is 11.5 Å². The van der Waals surface area contributed by atoms with Gasteiger partial charge < -0.3 is 9.55 Å². The largest absolute Gasteiger partial charge is 0.335 e. The van der Waals surface area contributed by atoms with E-state index in [0.717, 1.165) is 17.5 Å². The minimum atomic E-state index is -1.09. The number of imidazole rings is 1. The molecule has 2 heterocycles. The van der Waals surface area contributed by atoms with Gasteiger partial charge in [0.2, 0.25) is 0 Å². The highest BCUT2D eigenvalue weighted by atomic mass is 32.1. The molecule has 1 aliphatic heterocycles. The van der Waals surface area contributed by atoms with Crippen LogP contribution in [0.1, 0.15) is 28.4 Å². The molecule has 2 aromatic rings. The maximum Gasteiger partial charge on any atom is 0.177 e. The number of hydrogen-bond acceptors (Lipinski definition) is 1. The van der Waals surface area contributed by atoms with Crippen LogP contribution in [0, 0.1) is 36.1 Å². The number of hydrogen-bond donors (Lipinski definition) is 1. The van der Waals surface area contributed by atoms with Gasteiger partial charge in [0.25, 0.3) is 0 Å². The lowest BCUT2D eigenvalue weighted by atomic mass is 9.93. The van der Waals surface area contributed by atoms with Gasteiger partial charge in [-0.2, -0.15) is 0 Å². The second kappa shape index (κ2) is 4.48. The number of aromatic amines is 1. The minimum absolute atomic E-state index is 0.123. The first-order valence-electron chi connectivity index (χ1n) is 6.32. The Morgan fingerprint density at radius 1 is 1.25 bits per heavy atom. The Bertz CT molecular complexity index is 735. The average molecular weight is 298 g/mol. The molecule has 1 aromatic carbocycles. The van der Waals surface area contributed by atoms with Crippen LogP contribution < -0.4 is 0 Å². The van der Waals surface area contributed by atoms with Gasteiger partial charge in [0.1, 0.15) is 5.82 Å². The van der Waals surface area contributed by atoms with Gasteiger partial charge in [-0.15, -0.1) is 0 Å². The maximum absolute atomic E-state index is 14.2. The summed E-state index contributed by atoms with van der Waals surface area (Å²) in [5, 5.41) is 0. The van der Waals surface area contributed by atoms with Crippen molar-refractivity contribution >= 4 is 12.2 Å². The standard InChI is InChI=1S/C14H13F3N2S/c1-6-3-9(15)13(17)11(12(6)16)8-4-10-7(2)18-14(20)19(10)5-8/h3,8H,4-5H2,1-2H3,(H,18,20)/t8-/m1/s1. The average Bonchev–Trinajstić information content (AvgIpc) is 2.91. The smallest absolute Gasteiger partial charge is 0.177 e. The Morgan fingerprint density at radius 3 is 2.60 bits per heavy atom. The molecule has 0 radical (unpaired) electrons. The van der Waals surface area contributed by atoms with Gasteiger partial charge in [-0.1, -0.05) is 0 Å². The van der Waals surface area contributed by atoms with Gasteiger partial charge in [-0.05, 0) is 44.1 Å². The SMILES string of the molecule is Cc1cc(F)c(F)c([C@@H]2Cc3c(C)[nH]c(=S)n3C2)c1F. The lowest BCUT2D eigenvalue weighted by Gasteiger charge is -2.14. The van der Waals surface area contributed by atoms with Crippen LogP contribution in [0.5, 0.6) is 0 Å². The Morgan fingerprint density at radius 2 is 1.95 bits per heavy atom. The molecule has 0 spiro atoms. The van der Waals surface area contributed by atoms with Gasteiger partial charge in [-0.3, -0.25) is 0 Å². The summed E-state index contributed by atoms with van der Waals surface area (Å²) in [7, 11) is 0. The van der Waals surface area contributed by atoms with Crippen molar-refractivity contribution in [1.82, 2.24) is 9.55 Å². The van der Waals surface area contributed by atoms with Gasteiger partial charge in [0.05, 0.1) is 0 Å². The predicted octanol–water partition coefficient (Wildman–Crippen LogP) is 3.92. The summed E-state index contributed by atoms with van der Waals surface area (Å²) in [5.74, 6) is -3.17. The first kappa shape index (κ1) is 13.4. The minimum Gasteiger partial charge on any atom is -0.335 e. The Labute approximate surface area is 119 Å². The third-order valence-electron chi connectivity index (χ3n) is 3.92. The summed E-state index contributed by atoms with van der Waals surface area (Å²) in [5.41, 5.74) is 1.78. The second-order valence-corrected chi connectivity index (χ2v) is 5.62. The number of nitrogens with zero attached hydrogens (tertiary/aromatic N) is 1. The number of fused-ring (bicyclic) bond motifs is 1. The fourth-order valence-corrected chi connectivity index (χ4v) is 3.24. The summed E-state index contributed by atoms with van der Waals surface area (Å²) in [6.45, 7) is 3.68. The highest BCUT2D eigenvalue weighted by Crippen LogP contribution is 2.35. The summed E-state index contributed by atoms with van der Waals surface area (Å²) in [6, 6.07) is 0.890.